The molecule has 0 saturated carbocycles. The predicted octanol–water partition coefficient (Wildman–Crippen LogP) is 3.31. The molecule has 5 nitrogen and oxygen atoms in total. The van der Waals surface area contributed by atoms with Crippen LogP contribution in [0.15, 0.2) is 40.8 Å². The van der Waals surface area contributed by atoms with Crippen molar-refractivity contribution in [3.63, 3.8) is 0 Å². The summed E-state index contributed by atoms with van der Waals surface area (Å²) in [5.41, 5.74) is 1.22. The minimum atomic E-state index is -0.898. The number of benzene rings is 1. The molecule has 1 fully saturated rings. The number of aromatic carboxylic acids is 1. The Kier molecular flexibility index (Phi) is 4.19. The van der Waals surface area contributed by atoms with Gasteiger partial charge >= 0.3 is 5.97 Å². The average Bonchev–Trinajstić information content (AvgIpc) is 3.01. The minimum absolute atomic E-state index is 0.0944. The van der Waals surface area contributed by atoms with Crippen LogP contribution in [0.5, 0.6) is 0 Å². The van der Waals surface area contributed by atoms with E-state index in [1.807, 2.05) is 19.1 Å². The fraction of sp³-hybridized carbons (Fsp3) is 0.333. The van der Waals surface area contributed by atoms with E-state index >= 15 is 0 Å². The van der Waals surface area contributed by atoms with Gasteiger partial charge in [0, 0.05) is 13.1 Å². The Labute approximate surface area is 134 Å². The van der Waals surface area contributed by atoms with Gasteiger partial charge in [-0.05, 0) is 49.4 Å². The number of furan rings is 1. The van der Waals surface area contributed by atoms with Crippen LogP contribution in [0.3, 0.4) is 0 Å². The Morgan fingerprint density at radius 1 is 1.13 bits per heavy atom. The molecule has 1 amide bonds. The lowest BCUT2D eigenvalue weighted by Gasteiger charge is -2.32. The van der Waals surface area contributed by atoms with Gasteiger partial charge in [0.25, 0.3) is 5.91 Å². The molecular formula is C18H19NO4. The van der Waals surface area contributed by atoms with Crippen LogP contribution in [0.2, 0.25) is 0 Å². The van der Waals surface area contributed by atoms with Crippen molar-refractivity contribution in [3.8, 4) is 0 Å². The zero-order valence-corrected chi connectivity index (χ0v) is 13.0. The lowest BCUT2D eigenvalue weighted by molar-refractivity contribution is 0.0664. The van der Waals surface area contributed by atoms with Crippen molar-refractivity contribution in [1.82, 2.24) is 4.90 Å². The predicted molar refractivity (Wildman–Crippen MR) is 84.7 cm³/mol. The monoisotopic (exact) mass is 313 g/mol. The summed E-state index contributed by atoms with van der Waals surface area (Å²) in [6.07, 6.45) is 1.52. The van der Waals surface area contributed by atoms with Gasteiger partial charge in [-0.15, -0.1) is 0 Å². The molecule has 5 heteroatoms. The standard InChI is InChI=1S/C18H19NO4/c1-12-6-7-16(23-12)17(20)19-10-8-13(9-11-19)14-4-2-3-5-15(14)18(21)22/h2-7,13H,8-11H2,1H3,(H,21,22). The highest BCUT2D eigenvalue weighted by Crippen LogP contribution is 2.31. The molecule has 2 aromatic rings. The Balaban J connectivity index is 1.69. The van der Waals surface area contributed by atoms with Crippen LogP contribution in [0.1, 0.15) is 51.0 Å². The first-order valence-corrected chi connectivity index (χ1v) is 7.74. The second-order valence-corrected chi connectivity index (χ2v) is 5.87. The first-order chi connectivity index (χ1) is 11.1. The summed E-state index contributed by atoms with van der Waals surface area (Å²) in [5.74, 6) is 0.267. The van der Waals surface area contributed by atoms with Crippen LogP contribution in [0, 0.1) is 6.92 Å². The second-order valence-electron chi connectivity index (χ2n) is 5.87. The Hall–Kier alpha value is -2.56. The second kappa shape index (κ2) is 6.28. The van der Waals surface area contributed by atoms with E-state index in [2.05, 4.69) is 0 Å². The van der Waals surface area contributed by atoms with E-state index in [4.69, 9.17) is 4.42 Å². The molecule has 23 heavy (non-hydrogen) atoms. The van der Waals surface area contributed by atoms with Crippen LogP contribution in [-0.2, 0) is 0 Å². The van der Waals surface area contributed by atoms with Gasteiger partial charge in [0.1, 0.15) is 5.76 Å². The van der Waals surface area contributed by atoms with Crippen molar-refractivity contribution in [2.45, 2.75) is 25.7 Å². The quantitative estimate of drug-likeness (QED) is 0.943. The van der Waals surface area contributed by atoms with Crippen molar-refractivity contribution in [3.05, 3.63) is 59.0 Å². The van der Waals surface area contributed by atoms with E-state index in [1.54, 1.807) is 29.2 Å². The molecule has 0 atom stereocenters. The number of piperidine rings is 1. The molecule has 0 aliphatic carbocycles. The fourth-order valence-electron chi connectivity index (χ4n) is 3.15. The summed E-state index contributed by atoms with van der Waals surface area (Å²) in [7, 11) is 0. The number of hydrogen-bond acceptors (Lipinski definition) is 3. The maximum atomic E-state index is 12.4. The highest BCUT2D eigenvalue weighted by molar-refractivity contribution is 5.92. The SMILES string of the molecule is Cc1ccc(C(=O)N2CCC(c3ccccc3C(=O)O)CC2)o1. The van der Waals surface area contributed by atoms with Gasteiger partial charge in [-0.1, -0.05) is 18.2 Å². The topological polar surface area (TPSA) is 70.8 Å². The molecule has 120 valence electrons. The van der Waals surface area contributed by atoms with E-state index in [1.165, 1.54) is 0 Å². The summed E-state index contributed by atoms with van der Waals surface area (Å²) >= 11 is 0. The van der Waals surface area contributed by atoms with Crippen molar-refractivity contribution in [2.24, 2.45) is 0 Å². The number of carboxylic acid groups (broad SMARTS) is 1. The van der Waals surface area contributed by atoms with Crippen LogP contribution in [-0.4, -0.2) is 35.0 Å². The van der Waals surface area contributed by atoms with E-state index < -0.39 is 5.97 Å². The molecule has 0 bridgehead atoms. The maximum absolute atomic E-state index is 12.4. The number of nitrogens with zero attached hydrogens (tertiary/aromatic N) is 1. The van der Waals surface area contributed by atoms with Gasteiger partial charge in [0.05, 0.1) is 5.56 Å². The molecule has 1 aromatic carbocycles. The number of amides is 1. The molecule has 0 radical (unpaired) electrons. The number of likely N-dealkylation sites (tertiary alicyclic amines) is 1. The zero-order chi connectivity index (χ0) is 16.4. The molecular weight excluding hydrogens is 294 g/mol. The molecule has 0 unspecified atom stereocenters. The van der Waals surface area contributed by atoms with Gasteiger partial charge in [0.15, 0.2) is 5.76 Å². The molecule has 1 N–H and O–H groups in total. The third kappa shape index (κ3) is 3.13. The number of rotatable bonds is 3. The lowest BCUT2D eigenvalue weighted by atomic mass is 9.86. The van der Waals surface area contributed by atoms with E-state index in [0.717, 1.165) is 24.2 Å². The summed E-state index contributed by atoms with van der Waals surface area (Å²) in [6.45, 7) is 3.03. The van der Waals surface area contributed by atoms with Crippen molar-refractivity contribution >= 4 is 11.9 Å². The molecule has 1 aliphatic heterocycles. The maximum Gasteiger partial charge on any atom is 0.335 e. The molecule has 0 spiro atoms. The van der Waals surface area contributed by atoms with Crippen molar-refractivity contribution in [2.75, 3.05) is 13.1 Å². The summed E-state index contributed by atoms with van der Waals surface area (Å²) in [4.78, 5) is 25.5. The number of carbonyl (C=O) groups excluding carboxylic acids is 1. The average molecular weight is 313 g/mol. The zero-order valence-electron chi connectivity index (χ0n) is 13.0. The van der Waals surface area contributed by atoms with E-state index in [9.17, 15) is 14.7 Å². The van der Waals surface area contributed by atoms with Crippen molar-refractivity contribution in [1.29, 1.82) is 0 Å². The van der Waals surface area contributed by atoms with Gasteiger partial charge < -0.3 is 14.4 Å². The number of hydrogen-bond donors (Lipinski definition) is 1. The highest BCUT2D eigenvalue weighted by atomic mass is 16.4. The largest absolute Gasteiger partial charge is 0.478 e. The molecule has 1 aromatic heterocycles. The smallest absolute Gasteiger partial charge is 0.335 e. The number of aryl methyl sites for hydroxylation is 1. The van der Waals surface area contributed by atoms with Gasteiger partial charge in [-0.2, -0.15) is 0 Å². The van der Waals surface area contributed by atoms with Gasteiger partial charge in [0.2, 0.25) is 0 Å². The highest BCUT2D eigenvalue weighted by Gasteiger charge is 2.27. The summed E-state index contributed by atoms with van der Waals surface area (Å²) in [6, 6.07) is 10.6. The van der Waals surface area contributed by atoms with Crippen LogP contribution >= 0.6 is 0 Å². The van der Waals surface area contributed by atoms with E-state index in [0.29, 0.717) is 24.4 Å². The van der Waals surface area contributed by atoms with E-state index in [-0.39, 0.29) is 11.8 Å². The molecule has 3 rings (SSSR count). The van der Waals surface area contributed by atoms with Gasteiger partial charge in [-0.3, -0.25) is 4.79 Å². The number of carboxylic acids is 1. The first kappa shape index (κ1) is 15.3. The Bertz CT molecular complexity index is 726. The van der Waals surface area contributed by atoms with Crippen LogP contribution < -0.4 is 0 Å². The fourth-order valence-corrected chi connectivity index (χ4v) is 3.15. The summed E-state index contributed by atoms with van der Waals surface area (Å²) in [5, 5.41) is 9.31. The minimum Gasteiger partial charge on any atom is -0.478 e. The normalized spacial score (nSPS) is 15.6. The van der Waals surface area contributed by atoms with Crippen molar-refractivity contribution < 1.29 is 19.1 Å². The van der Waals surface area contributed by atoms with Crippen LogP contribution in [0.25, 0.3) is 0 Å². The Morgan fingerprint density at radius 2 is 1.83 bits per heavy atom. The summed E-state index contributed by atoms with van der Waals surface area (Å²) < 4.78 is 5.39. The molecule has 2 heterocycles. The first-order valence-electron chi connectivity index (χ1n) is 7.74. The van der Waals surface area contributed by atoms with Gasteiger partial charge in [-0.25, -0.2) is 4.79 Å². The third-order valence-corrected chi connectivity index (χ3v) is 4.36. The molecule has 1 saturated heterocycles. The molecule has 1 aliphatic rings. The lowest BCUT2D eigenvalue weighted by Crippen LogP contribution is -2.38. The Morgan fingerprint density at radius 3 is 2.43 bits per heavy atom. The van der Waals surface area contributed by atoms with Crippen LogP contribution in [0.4, 0.5) is 0 Å². The number of carbonyl (C=O) groups is 2. The third-order valence-electron chi connectivity index (χ3n) is 4.36.